The highest BCUT2D eigenvalue weighted by atomic mass is 32.2. The van der Waals surface area contributed by atoms with Crippen molar-refractivity contribution in [2.45, 2.75) is 43.2 Å². The first-order valence-corrected chi connectivity index (χ1v) is 9.85. The standard InChI is InChI=1S/C16H25N3O6S/c1-3-4-9-25-13-5-7-14(8-6-13)26(22,23)19-11-12(18-24-2)10-15(19)16(20)17-21/h5-8,12,15,18,21H,3-4,9-11H2,1-2H3,(H,17,20)/t12-,15-/m1/s1. The number of carbonyl (C=O) groups is 1. The molecule has 0 spiro atoms. The van der Waals surface area contributed by atoms with E-state index in [1.54, 1.807) is 12.1 Å². The van der Waals surface area contributed by atoms with E-state index < -0.39 is 22.0 Å². The minimum Gasteiger partial charge on any atom is -0.494 e. The molecule has 0 saturated carbocycles. The highest BCUT2D eigenvalue weighted by Crippen LogP contribution is 2.27. The average molecular weight is 387 g/mol. The second-order valence-corrected chi connectivity index (χ2v) is 7.89. The molecule has 1 aromatic rings. The zero-order valence-corrected chi connectivity index (χ0v) is 15.7. The summed E-state index contributed by atoms with van der Waals surface area (Å²) in [6.45, 7) is 2.67. The van der Waals surface area contributed by atoms with Gasteiger partial charge in [-0.3, -0.25) is 10.0 Å². The van der Waals surface area contributed by atoms with Crippen molar-refractivity contribution in [2.75, 3.05) is 20.3 Å². The molecule has 0 unspecified atom stereocenters. The van der Waals surface area contributed by atoms with Crippen LogP contribution in [0.2, 0.25) is 0 Å². The number of benzene rings is 1. The van der Waals surface area contributed by atoms with Crippen molar-refractivity contribution < 1.29 is 28.0 Å². The molecule has 10 heteroatoms. The summed E-state index contributed by atoms with van der Waals surface area (Å²) in [5, 5.41) is 8.92. The van der Waals surface area contributed by atoms with Gasteiger partial charge in [0.15, 0.2) is 0 Å². The zero-order chi connectivity index (χ0) is 19.2. The van der Waals surface area contributed by atoms with Gasteiger partial charge in [-0.15, -0.1) is 0 Å². The normalized spacial score (nSPS) is 20.9. The lowest BCUT2D eigenvalue weighted by atomic mass is 10.2. The van der Waals surface area contributed by atoms with Gasteiger partial charge in [0.2, 0.25) is 10.0 Å². The Labute approximate surface area is 153 Å². The Kier molecular flexibility index (Phi) is 7.35. The summed E-state index contributed by atoms with van der Waals surface area (Å²) in [6.07, 6.45) is 2.10. The Balaban J connectivity index is 2.19. The summed E-state index contributed by atoms with van der Waals surface area (Å²) in [6, 6.07) is 4.67. The van der Waals surface area contributed by atoms with Crippen molar-refractivity contribution in [3.63, 3.8) is 0 Å². The molecule has 1 fully saturated rings. The molecule has 1 heterocycles. The van der Waals surface area contributed by atoms with Crippen molar-refractivity contribution in [3.05, 3.63) is 24.3 Å². The minimum absolute atomic E-state index is 0.0447. The van der Waals surface area contributed by atoms with E-state index in [2.05, 4.69) is 12.4 Å². The van der Waals surface area contributed by atoms with Gasteiger partial charge in [-0.1, -0.05) is 13.3 Å². The van der Waals surface area contributed by atoms with Gasteiger partial charge in [0, 0.05) is 12.6 Å². The number of carbonyl (C=O) groups excluding carboxylic acids is 1. The van der Waals surface area contributed by atoms with Gasteiger partial charge in [0.05, 0.1) is 18.6 Å². The Hall–Kier alpha value is -1.72. The number of hydrogen-bond acceptors (Lipinski definition) is 7. The smallest absolute Gasteiger partial charge is 0.261 e. The second kappa shape index (κ2) is 9.28. The van der Waals surface area contributed by atoms with E-state index in [0.717, 1.165) is 17.1 Å². The molecule has 146 valence electrons. The van der Waals surface area contributed by atoms with Crippen molar-refractivity contribution in [1.82, 2.24) is 15.3 Å². The third kappa shape index (κ3) is 4.71. The van der Waals surface area contributed by atoms with Crippen LogP contribution in [0.3, 0.4) is 0 Å². The van der Waals surface area contributed by atoms with E-state index in [4.69, 9.17) is 14.8 Å². The fourth-order valence-corrected chi connectivity index (χ4v) is 4.46. The van der Waals surface area contributed by atoms with Crippen LogP contribution in [0, 0.1) is 0 Å². The first-order valence-electron chi connectivity index (χ1n) is 8.41. The van der Waals surface area contributed by atoms with E-state index in [0.29, 0.717) is 12.4 Å². The maximum Gasteiger partial charge on any atom is 0.261 e. The van der Waals surface area contributed by atoms with Crippen LogP contribution < -0.4 is 15.7 Å². The summed E-state index contributed by atoms with van der Waals surface area (Å²) in [5.41, 5.74) is 4.18. The molecule has 1 amide bonds. The van der Waals surface area contributed by atoms with Gasteiger partial charge in [-0.05, 0) is 37.1 Å². The van der Waals surface area contributed by atoms with Crippen molar-refractivity contribution >= 4 is 15.9 Å². The van der Waals surface area contributed by atoms with Crippen LogP contribution in [0.15, 0.2) is 29.2 Å². The highest BCUT2D eigenvalue weighted by Gasteiger charge is 2.44. The van der Waals surface area contributed by atoms with Crippen LogP contribution in [-0.2, 0) is 19.7 Å². The molecule has 26 heavy (non-hydrogen) atoms. The number of ether oxygens (including phenoxy) is 1. The Morgan fingerprint density at radius 1 is 1.35 bits per heavy atom. The molecule has 0 radical (unpaired) electrons. The second-order valence-electron chi connectivity index (χ2n) is 5.99. The fraction of sp³-hybridized carbons (Fsp3) is 0.562. The first kappa shape index (κ1) is 20.6. The van der Waals surface area contributed by atoms with Crippen molar-refractivity contribution in [3.8, 4) is 5.75 Å². The molecule has 1 aliphatic rings. The van der Waals surface area contributed by atoms with Gasteiger partial charge < -0.3 is 9.57 Å². The Morgan fingerprint density at radius 3 is 2.62 bits per heavy atom. The molecule has 0 aromatic heterocycles. The third-order valence-electron chi connectivity index (χ3n) is 4.15. The average Bonchev–Trinajstić information content (AvgIpc) is 3.07. The van der Waals surface area contributed by atoms with Gasteiger partial charge >= 0.3 is 0 Å². The molecule has 0 bridgehead atoms. The molecular weight excluding hydrogens is 362 g/mol. The lowest BCUT2D eigenvalue weighted by Gasteiger charge is -2.22. The van der Waals surface area contributed by atoms with Crippen LogP contribution in [-0.4, -0.2) is 56.2 Å². The van der Waals surface area contributed by atoms with E-state index in [9.17, 15) is 13.2 Å². The fourth-order valence-electron chi connectivity index (χ4n) is 2.81. The predicted molar refractivity (Wildman–Crippen MR) is 93.0 cm³/mol. The summed E-state index contributed by atoms with van der Waals surface area (Å²) >= 11 is 0. The van der Waals surface area contributed by atoms with Gasteiger partial charge in [0.1, 0.15) is 11.8 Å². The summed E-state index contributed by atoms with van der Waals surface area (Å²) in [4.78, 5) is 16.8. The maximum absolute atomic E-state index is 12.9. The van der Waals surface area contributed by atoms with Gasteiger partial charge in [0.25, 0.3) is 5.91 Å². The van der Waals surface area contributed by atoms with E-state index in [1.165, 1.54) is 24.7 Å². The van der Waals surface area contributed by atoms with Crippen LogP contribution >= 0.6 is 0 Å². The lowest BCUT2D eigenvalue weighted by molar-refractivity contribution is -0.132. The van der Waals surface area contributed by atoms with E-state index in [1.807, 2.05) is 0 Å². The number of nitrogens with zero attached hydrogens (tertiary/aromatic N) is 1. The number of hydroxylamine groups is 2. The number of unbranched alkanes of at least 4 members (excludes halogenated alkanes) is 1. The molecule has 2 atom stereocenters. The first-order chi connectivity index (χ1) is 12.4. The summed E-state index contributed by atoms with van der Waals surface area (Å²) in [5.74, 6) is -0.198. The summed E-state index contributed by atoms with van der Waals surface area (Å²) < 4.78 is 32.5. The molecule has 1 aromatic carbocycles. The van der Waals surface area contributed by atoms with Crippen LogP contribution in [0.1, 0.15) is 26.2 Å². The Morgan fingerprint density at radius 2 is 2.04 bits per heavy atom. The number of rotatable bonds is 9. The van der Waals surface area contributed by atoms with Crippen LogP contribution in [0.25, 0.3) is 0 Å². The number of sulfonamides is 1. The highest BCUT2D eigenvalue weighted by molar-refractivity contribution is 7.89. The zero-order valence-electron chi connectivity index (χ0n) is 14.8. The molecule has 3 N–H and O–H groups in total. The largest absolute Gasteiger partial charge is 0.494 e. The number of hydrogen-bond donors (Lipinski definition) is 3. The lowest BCUT2D eigenvalue weighted by Crippen LogP contribution is -2.45. The molecule has 9 nitrogen and oxygen atoms in total. The molecule has 1 aliphatic heterocycles. The van der Waals surface area contributed by atoms with Crippen molar-refractivity contribution in [1.29, 1.82) is 0 Å². The Bertz CT molecular complexity index is 694. The SMILES string of the molecule is CCCCOc1ccc(S(=O)(=O)N2C[C@H](NOC)C[C@@H]2C(=O)NO)cc1. The van der Waals surface area contributed by atoms with E-state index >= 15 is 0 Å². The quantitative estimate of drug-likeness (QED) is 0.324. The van der Waals surface area contributed by atoms with Crippen molar-refractivity contribution in [2.24, 2.45) is 0 Å². The third-order valence-corrected chi connectivity index (χ3v) is 6.04. The van der Waals surface area contributed by atoms with Crippen LogP contribution in [0.5, 0.6) is 5.75 Å². The van der Waals surface area contributed by atoms with Crippen LogP contribution in [0.4, 0.5) is 0 Å². The van der Waals surface area contributed by atoms with E-state index in [-0.39, 0.29) is 23.9 Å². The monoisotopic (exact) mass is 387 g/mol. The van der Waals surface area contributed by atoms with Gasteiger partial charge in [-0.2, -0.15) is 9.79 Å². The minimum atomic E-state index is -3.93. The van der Waals surface area contributed by atoms with Gasteiger partial charge in [-0.25, -0.2) is 13.9 Å². The number of nitrogens with one attached hydrogen (secondary N) is 2. The number of amides is 1. The molecular formula is C16H25N3O6S. The molecule has 2 rings (SSSR count). The molecule has 0 aliphatic carbocycles. The topological polar surface area (TPSA) is 117 Å². The predicted octanol–water partition coefficient (Wildman–Crippen LogP) is 0.654. The summed E-state index contributed by atoms with van der Waals surface area (Å²) in [7, 11) is -2.51. The maximum atomic E-state index is 12.9. The molecule has 1 saturated heterocycles.